The van der Waals surface area contributed by atoms with Gasteiger partial charge in [-0.1, -0.05) is 43.7 Å². The molecule has 1 heterocycles. The summed E-state index contributed by atoms with van der Waals surface area (Å²) in [5, 5.41) is 5.68. The lowest BCUT2D eigenvalue weighted by atomic mass is 9.94. The third-order valence-electron chi connectivity index (χ3n) is 4.43. The summed E-state index contributed by atoms with van der Waals surface area (Å²) in [5.74, 6) is -0.425. The lowest BCUT2D eigenvalue weighted by Gasteiger charge is -2.32. The molecular weight excluding hydrogens is 330 g/mol. The van der Waals surface area contributed by atoms with E-state index in [0.29, 0.717) is 17.8 Å². The van der Waals surface area contributed by atoms with Crippen molar-refractivity contribution >= 4 is 12.0 Å². The topological polar surface area (TPSA) is 70.7 Å². The van der Waals surface area contributed by atoms with Gasteiger partial charge in [0.15, 0.2) is 0 Å². The molecule has 0 aliphatic carbocycles. The lowest BCUT2D eigenvalue weighted by molar-refractivity contribution is -0.136. The summed E-state index contributed by atoms with van der Waals surface area (Å²) in [4.78, 5) is 27.0. The van der Waals surface area contributed by atoms with Crippen molar-refractivity contribution in [1.29, 1.82) is 0 Å². The number of esters is 1. The molecule has 6 heteroatoms. The zero-order valence-electron chi connectivity index (χ0n) is 16.1. The molecule has 1 aliphatic rings. The van der Waals surface area contributed by atoms with Gasteiger partial charge in [-0.3, -0.25) is 4.90 Å². The lowest BCUT2D eigenvalue weighted by Crippen LogP contribution is -2.48. The fourth-order valence-electron chi connectivity index (χ4n) is 3.23. The largest absolute Gasteiger partial charge is 0.466 e. The Balaban J connectivity index is 2.44. The van der Waals surface area contributed by atoms with Gasteiger partial charge in [-0.05, 0) is 38.4 Å². The molecule has 1 aliphatic heterocycles. The highest BCUT2D eigenvalue weighted by atomic mass is 16.5. The van der Waals surface area contributed by atoms with Crippen LogP contribution < -0.4 is 10.6 Å². The van der Waals surface area contributed by atoms with Crippen LogP contribution in [0.1, 0.15) is 43.9 Å². The van der Waals surface area contributed by atoms with Crippen molar-refractivity contribution < 1.29 is 14.3 Å². The molecule has 6 nitrogen and oxygen atoms in total. The molecule has 142 valence electrons. The molecule has 0 saturated heterocycles. The van der Waals surface area contributed by atoms with Gasteiger partial charge in [0, 0.05) is 12.2 Å². The quantitative estimate of drug-likeness (QED) is 0.700. The molecule has 0 bridgehead atoms. The fraction of sp³-hybridized carbons (Fsp3) is 0.500. The summed E-state index contributed by atoms with van der Waals surface area (Å²) in [6.45, 7) is 8.57. The number of nitrogens with one attached hydrogen (secondary N) is 2. The minimum absolute atomic E-state index is 0.300. The molecule has 0 spiro atoms. The molecule has 1 aromatic rings. The van der Waals surface area contributed by atoms with Crippen molar-refractivity contribution in [3.8, 4) is 0 Å². The first-order valence-electron chi connectivity index (χ1n) is 9.17. The van der Waals surface area contributed by atoms with Gasteiger partial charge in [0.25, 0.3) is 0 Å². The number of urea groups is 1. The molecule has 2 amide bonds. The van der Waals surface area contributed by atoms with Gasteiger partial charge in [-0.2, -0.15) is 0 Å². The third-order valence-corrected chi connectivity index (χ3v) is 4.43. The SMILES string of the molecule is CCCN(CCC)CC1=C(C(=O)OC)[C@H](c2ccc(C)cc2)NC(=O)N1. The Hall–Kier alpha value is -2.34. The number of carbonyl (C=O) groups excluding carboxylic acids is 2. The van der Waals surface area contributed by atoms with E-state index in [9.17, 15) is 9.59 Å². The van der Waals surface area contributed by atoms with E-state index in [1.54, 1.807) is 0 Å². The van der Waals surface area contributed by atoms with Crippen LogP contribution in [-0.2, 0) is 9.53 Å². The van der Waals surface area contributed by atoms with Crippen LogP contribution in [0, 0.1) is 6.92 Å². The van der Waals surface area contributed by atoms with Gasteiger partial charge in [0.05, 0.1) is 18.7 Å². The predicted molar refractivity (Wildman–Crippen MR) is 102 cm³/mol. The van der Waals surface area contributed by atoms with Crippen LogP contribution in [0.5, 0.6) is 0 Å². The summed E-state index contributed by atoms with van der Waals surface area (Å²) in [6.07, 6.45) is 2.02. The summed E-state index contributed by atoms with van der Waals surface area (Å²) in [7, 11) is 1.37. The molecule has 0 fully saturated rings. The van der Waals surface area contributed by atoms with E-state index in [1.807, 2.05) is 31.2 Å². The number of rotatable bonds is 8. The summed E-state index contributed by atoms with van der Waals surface area (Å²) < 4.78 is 5.03. The second-order valence-corrected chi connectivity index (χ2v) is 6.60. The van der Waals surface area contributed by atoms with Crippen molar-refractivity contribution in [2.75, 3.05) is 26.7 Å². The minimum Gasteiger partial charge on any atom is -0.466 e. The second kappa shape index (κ2) is 9.38. The first-order valence-corrected chi connectivity index (χ1v) is 9.17. The molecule has 0 radical (unpaired) electrons. The Labute approximate surface area is 155 Å². The van der Waals surface area contributed by atoms with Crippen LogP contribution in [0.25, 0.3) is 0 Å². The van der Waals surface area contributed by atoms with Gasteiger partial charge in [-0.25, -0.2) is 9.59 Å². The average molecular weight is 359 g/mol. The highest BCUT2D eigenvalue weighted by Crippen LogP contribution is 2.28. The molecule has 0 aromatic heterocycles. The normalized spacial score (nSPS) is 17.1. The summed E-state index contributed by atoms with van der Waals surface area (Å²) in [5.41, 5.74) is 3.07. The molecular formula is C20H29N3O3. The predicted octanol–water partition coefficient (Wildman–Crippen LogP) is 2.90. The van der Waals surface area contributed by atoms with E-state index in [1.165, 1.54) is 7.11 Å². The first-order chi connectivity index (χ1) is 12.5. The zero-order chi connectivity index (χ0) is 19.1. The van der Waals surface area contributed by atoms with E-state index in [0.717, 1.165) is 37.1 Å². The van der Waals surface area contributed by atoms with Gasteiger partial charge < -0.3 is 15.4 Å². The van der Waals surface area contributed by atoms with Crippen LogP contribution in [-0.4, -0.2) is 43.6 Å². The molecule has 2 N–H and O–H groups in total. The Kier molecular flexibility index (Phi) is 7.21. The van der Waals surface area contributed by atoms with Crippen molar-refractivity contribution in [3.05, 3.63) is 46.7 Å². The molecule has 0 saturated carbocycles. The molecule has 2 rings (SSSR count). The molecule has 1 aromatic carbocycles. The second-order valence-electron chi connectivity index (χ2n) is 6.60. The first kappa shape index (κ1) is 20.0. The highest BCUT2D eigenvalue weighted by Gasteiger charge is 2.33. The molecule has 0 unspecified atom stereocenters. The van der Waals surface area contributed by atoms with Crippen LogP contribution in [0.15, 0.2) is 35.5 Å². The number of methoxy groups -OCH3 is 1. The third kappa shape index (κ3) is 4.85. The number of benzene rings is 1. The zero-order valence-corrected chi connectivity index (χ0v) is 16.1. The number of hydrogen-bond acceptors (Lipinski definition) is 4. The Morgan fingerprint density at radius 3 is 2.31 bits per heavy atom. The number of amides is 2. The standard InChI is InChI=1S/C20H29N3O3/c1-5-11-23(12-6-2)13-16-17(19(24)26-4)18(22-20(25)21-16)15-9-7-14(3)8-10-15/h7-10,18H,5-6,11-13H2,1-4H3,(H2,21,22,25)/t18-/m0/s1. The maximum absolute atomic E-state index is 12.5. The fourth-order valence-corrected chi connectivity index (χ4v) is 3.23. The average Bonchev–Trinajstić information content (AvgIpc) is 2.61. The number of nitrogens with zero attached hydrogens (tertiary/aromatic N) is 1. The monoisotopic (exact) mass is 359 g/mol. The van der Waals surface area contributed by atoms with E-state index in [2.05, 4.69) is 29.4 Å². The van der Waals surface area contributed by atoms with Gasteiger partial charge in [-0.15, -0.1) is 0 Å². The van der Waals surface area contributed by atoms with Crippen molar-refractivity contribution in [2.24, 2.45) is 0 Å². The Morgan fingerprint density at radius 2 is 1.77 bits per heavy atom. The summed E-state index contributed by atoms with van der Waals surface area (Å²) in [6, 6.07) is 6.99. The van der Waals surface area contributed by atoms with E-state index < -0.39 is 12.0 Å². The van der Waals surface area contributed by atoms with Crippen molar-refractivity contribution in [1.82, 2.24) is 15.5 Å². The summed E-state index contributed by atoms with van der Waals surface area (Å²) >= 11 is 0. The van der Waals surface area contributed by atoms with Gasteiger partial charge >= 0.3 is 12.0 Å². The maximum atomic E-state index is 12.5. The number of ether oxygens (including phenoxy) is 1. The van der Waals surface area contributed by atoms with Crippen LogP contribution in [0.4, 0.5) is 4.79 Å². The van der Waals surface area contributed by atoms with Crippen molar-refractivity contribution in [2.45, 2.75) is 39.7 Å². The highest BCUT2D eigenvalue weighted by molar-refractivity contribution is 5.95. The molecule has 26 heavy (non-hydrogen) atoms. The smallest absolute Gasteiger partial charge is 0.338 e. The maximum Gasteiger partial charge on any atom is 0.338 e. The van der Waals surface area contributed by atoms with E-state index >= 15 is 0 Å². The molecule has 1 atom stereocenters. The van der Waals surface area contributed by atoms with E-state index in [-0.39, 0.29) is 6.03 Å². The van der Waals surface area contributed by atoms with Crippen molar-refractivity contribution in [3.63, 3.8) is 0 Å². The Morgan fingerprint density at radius 1 is 1.15 bits per heavy atom. The van der Waals surface area contributed by atoms with Crippen LogP contribution in [0.2, 0.25) is 0 Å². The van der Waals surface area contributed by atoms with Gasteiger partial charge in [0.1, 0.15) is 0 Å². The minimum atomic E-state index is -0.517. The number of aryl methyl sites for hydroxylation is 1. The number of carbonyl (C=O) groups is 2. The van der Waals surface area contributed by atoms with Gasteiger partial charge in [0.2, 0.25) is 0 Å². The van der Waals surface area contributed by atoms with E-state index in [4.69, 9.17) is 4.74 Å². The van der Waals surface area contributed by atoms with Crippen LogP contribution in [0.3, 0.4) is 0 Å². The Bertz CT molecular complexity index is 661. The number of hydrogen-bond donors (Lipinski definition) is 2. The van der Waals surface area contributed by atoms with Crippen LogP contribution >= 0.6 is 0 Å².